The molecule has 1 aromatic carbocycles. The van der Waals surface area contributed by atoms with Crippen molar-refractivity contribution in [3.63, 3.8) is 0 Å². The minimum Gasteiger partial charge on any atom is -0.496 e. The Morgan fingerprint density at radius 3 is 2.42 bits per heavy atom. The third kappa shape index (κ3) is 2.19. The maximum absolute atomic E-state index is 11.0. The zero-order valence-corrected chi connectivity index (χ0v) is 11.3. The van der Waals surface area contributed by atoms with Crippen LogP contribution in [0.5, 0.6) is 5.75 Å². The van der Waals surface area contributed by atoms with Crippen LogP contribution in [-0.2, 0) is 0 Å². The number of carboxylic acid groups (broad SMARTS) is 1. The number of hydrogen-bond acceptors (Lipinski definition) is 4. The number of carboxylic acids is 1. The highest BCUT2D eigenvalue weighted by molar-refractivity contribution is 5.89. The topological polar surface area (TPSA) is 72.6 Å². The van der Waals surface area contributed by atoms with E-state index in [1.807, 2.05) is 26.0 Å². The van der Waals surface area contributed by atoms with Crippen molar-refractivity contribution in [3.05, 3.63) is 34.5 Å². The van der Waals surface area contributed by atoms with Gasteiger partial charge in [-0.1, -0.05) is 5.16 Å². The SMILES string of the molecule is COc1cc(C)c(C)cc1-c1onc(C(=O)O)c1C. The van der Waals surface area contributed by atoms with Crippen LogP contribution < -0.4 is 4.74 Å². The fourth-order valence-corrected chi connectivity index (χ4v) is 1.92. The van der Waals surface area contributed by atoms with Gasteiger partial charge in [-0.25, -0.2) is 4.79 Å². The van der Waals surface area contributed by atoms with Crippen LogP contribution in [0.4, 0.5) is 0 Å². The number of rotatable bonds is 3. The van der Waals surface area contributed by atoms with Crippen LogP contribution in [0.25, 0.3) is 11.3 Å². The maximum atomic E-state index is 11.0. The van der Waals surface area contributed by atoms with Gasteiger partial charge in [0.25, 0.3) is 0 Å². The molecule has 100 valence electrons. The van der Waals surface area contributed by atoms with E-state index in [1.54, 1.807) is 14.0 Å². The fraction of sp³-hybridized carbons (Fsp3) is 0.286. The number of nitrogens with zero attached hydrogens (tertiary/aromatic N) is 1. The van der Waals surface area contributed by atoms with Crippen molar-refractivity contribution in [1.29, 1.82) is 0 Å². The van der Waals surface area contributed by atoms with Gasteiger partial charge >= 0.3 is 5.97 Å². The number of carbonyl (C=O) groups is 1. The second-order valence-electron chi connectivity index (χ2n) is 4.43. The van der Waals surface area contributed by atoms with Crippen molar-refractivity contribution < 1.29 is 19.2 Å². The van der Waals surface area contributed by atoms with Gasteiger partial charge in [0.2, 0.25) is 0 Å². The van der Waals surface area contributed by atoms with E-state index in [0.717, 1.165) is 11.1 Å². The Bertz CT molecular complexity index is 643. The van der Waals surface area contributed by atoms with Gasteiger partial charge in [-0.3, -0.25) is 0 Å². The van der Waals surface area contributed by atoms with Crippen molar-refractivity contribution >= 4 is 5.97 Å². The summed E-state index contributed by atoms with van der Waals surface area (Å²) in [5.74, 6) is -0.0352. The van der Waals surface area contributed by atoms with E-state index in [4.69, 9.17) is 14.4 Å². The van der Waals surface area contributed by atoms with Gasteiger partial charge in [0.1, 0.15) is 5.75 Å². The van der Waals surface area contributed by atoms with Gasteiger partial charge in [0.15, 0.2) is 11.5 Å². The molecule has 5 heteroatoms. The van der Waals surface area contributed by atoms with E-state index in [2.05, 4.69) is 5.16 Å². The molecule has 1 aromatic heterocycles. The van der Waals surface area contributed by atoms with E-state index in [0.29, 0.717) is 22.6 Å². The Morgan fingerprint density at radius 2 is 1.89 bits per heavy atom. The molecule has 0 amide bonds. The van der Waals surface area contributed by atoms with Crippen molar-refractivity contribution in [1.82, 2.24) is 5.16 Å². The molecule has 1 heterocycles. The first-order chi connectivity index (χ1) is 8.95. The number of hydrogen-bond donors (Lipinski definition) is 1. The van der Waals surface area contributed by atoms with E-state index in [9.17, 15) is 4.79 Å². The number of methoxy groups -OCH3 is 1. The first kappa shape index (κ1) is 13.1. The van der Waals surface area contributed by atoms with Crippen molar-refractivity contribution in [3.8, 4) is 17.1 Å². The van der Waals surface area contributed by atoms with Crippen LogP contribution >= 0.6 is 0 Å². The number of benzene rings is 1. The summed E-state index contributed by atoms with van der Waals surface area (Å²) in [6, 6.07) is 3.81. The summed E-state index contributed by atoms with van der Waals surface area (Å²) in [7, 11) is 1.57. The van der Waals surface area contributed by atoms with Crippen molar-refractivity contribution in [2.45, 2.75) is 20.8 Å². The Kier molecular flexibility index (Phi) is 3.29. The largest absolute Gasteiger partial charge is 0.496 e. The average molecular weight is 261 g/mol. The lowest BCUT2D eigenvalue weighted by molar-refractivity contribution is 0.0685. The van der Waals surface area contributed by atoms with Crippen LogP contribution in [0.15, 0.2) is 16.7 Å². The lowest BCUT2D eigenvalue weighted by Crippen LogP contribution is -1.98. The van der Waals surface area contributed by atoms with E-state index < -0.39 is 5.97 Å². The first-order valence-corrected chi connectivity index (χ1v) is 5.81. The minimum atomic E-state index is -1.10. The predicted octanol–water partition coefficient (Wildman–Crippen LogP) is 2.97. The summed E-state index contributed by atoms with van der Waals surface area (Å²) < 4.78 is 10.5. The molecule has 0 aliphatic carbocycles. The van der Waals surface area contributed by atoms with Crippen LogP contribution in [0, 0.1) is 20.8 Å². The molecule has 0 saturated heterocycles. The Balaban J connectivity index is 2.65. The molecule has 2 aromatic rings. The summed E-state index contributed by atoms with van der Waals surface area (Å²) in [6.45, 7) is 5.63. The number of aryl methyl sites for hydroxylation is 2. The molecule has 0 aliphatic heterocycles. The number of aromatic carboxylic acids is 1. The van der Waals surface area contributed by atoms with Gasteiger partial charge in [0.05, 0.1) is 12.7 Å². The lowest BCUT2D eigenvalue weighted by Gasteiger charge is -2.10. The van der Waals surface area contributed by atoms with Crippen LogP contribution in [0.3, 0.4) is 0 Å². The summed E-state index contributed by atoms with van der Waals surface area (Å²) in [6.07, 6.45) is 0. The Morgan fingerprint density at radius 1 is 1.26 bits per heavy atom. The zero-order valence-electron chi connectivity index (χ0n) is 11.3. The van der Waals surface area contributed by atoms with Crippen LogP contribution in [-0.4, -0.2) is 23.3 Å². The second-order valence-corrected chi connectivity index (χ2v) is 4.43. The highest BCUT2D eigenvalue weighted by Crippen LogP contribution is 2.35. The maximum Gasteiger partial charge on any atom is 0.358 e. The minimum absolute atomic E-state index is 0.0738. The highest BCUT2D eigenvalue weighted by atomic mass is 16.5. The van der Waals surface area contributed by atoms with Gasteiger partial charge < -0.3 is 14.4 Å². The van der Waals surface area contributed by atoms with Gasteiger partial charge in [-0.15, -0.1) is 0 Å². The molecule has 0 aliphatic rings. The predicted molar refractivity (Wildman–Crippen MR) is 69.7 cm³/mol. The summed E-state index contributed by atoms with van der Waals surface area (Å²) in [5.41, 5.74) is 3.30. The van der Waals surface area contributed by atoms with E-state index in [1.165, 1.54) is 0 Å². The molecule has 0 spiro atoms. The summed E-state index contributed by atoms with van der Waals surface area (Å²) in [5, 5.41) is 12.6. The van der Waals surface area contributed by atoms with Crippen LogP contribution in [0.1, 0.15) is 27.2 Å². The normalized spacial score (nSPS) is 10.5. The first-order valence-electron chi connectivity index (χ1n) is 5.81. The van der Waals surface area contributed by atoms with E-state index in [-0.39, 0.29) is 5.69 Å². The smallest absolute Gasteiger partial charge is 0.358 e. The molecule has 2 rings (SSSR count). The molecule has 0 unspecified atom stereocenters. The van der Waals surface area contributed by atoms with E-state index >= 15 is 0 Å². The average Bonchev–Trinajstić information content (AvgIpc) is 2.74. The molecule has 0 atom stereocenters. The summed E-state index contributed by atoms with van der Waals surface area (Å²) in [4.78, 5) is 11.0. The molecule has 5 nitrogen and oxygen atoms in total. The molecule has 0 bridgehead atoms. The third-order valence-corrected chi connectivity index (χ3v) is 3.19. The number of aromatic nitrogens is 1. The molecule has 19 heavy (non-hydrogen) atoms. The monoisotopic (exact) mass is 261 g/mol. The Labute approximate surface area is 110 Å². The molecule has 0 fully saturated rings. The van der Waals surface area contributed by atoms with Crippen molar-refractivity contribution in [2.24, 2.45) is 0 Å². The molecule has 0 saturated carbocycles. The third-order valence-electron chi connectivity index (χ3n) is 3.19. The zero-order chi connectivity index (χ0) is 14.2. The fourth-order valence-electron chi connectivity index (χ4n) is 1.92. The van der Waals surface area contributed by atoms with Crippen molar-refractivity contribution in [2.75, 3.05) is 7.11 Å². The summed E-state index contributed by atoms with van der Waals surface area (Å²) >= 11 is 0. The molecule has 0 radical (unpaired) electrons. The molecular weight excluding hydrogens is 246 g/mol. The second kappa shape index (κ2) is 4.76. The molecular formula is C14H15NO4. The standard InChI is InChI=1S/C14H15NO4/c1-7-5-10(11(18-4)6-8(7)2)13-9(3)12(14(16)17)15-19-13/h5-6H,1-4H3,(H,16,17). The van der Waals surface area contributed by atoms with Gasteiger partial charge in [-0.2, -0.15) is 0 Å². The van der Waals surface area contributed by atoms with Crippen LogP contribution in [0.2, 0.25) is 0 Å². The molecule has 1 N–H and O–H groups in total. The number of ether oxygens (including phenoxy) is 1. The van der Waals surface area contributed by atoms with Gasteiger partial charge in [0, 0.05) is 5.56 Å². The highest BCUT2D eigenvalue weighted by Gasteiger charge is 2.21. The quantitative estimate of drug-likeness (QED) is 0.919. The Hall–Kier alpha value is -2.30. The van der Waals surface area contributed by atoms with Gasteiger partial charge in [-0.05, 0) is 44.0 Å². The lowest BCUT2D eigenvalue weighted by atomic mass is 10.0.